The lowest BCUT2D eigenvalue weighted by Crippen LogP contribution is -2.21. The fraction of sp³-hybridized carbons (Fsp3) is 0.318. The molecule has 2 N–H and O–H groups in total. The summed E-state index contributed by atoms with van der Waals surface area (Å²) in [6, 6.07) is 9.52. The van der Waals surface area contributed by atoms with Crippen LogP contribution in [0, 0.1) is 0 Å². The summed E-state index contributed by atoms with van der Waals surface area (Å²) in [5.41, 5.74) is 2.83. The molecule has 1 aliphatic rings. The first kappa shape index (κ1) is 21.8. The molecule has 1 aliphatic carbocycles. The molecule has 6 nitrogen and oxygen atoms in total. The van der Waals surface area contributed by atoms with E-state index in [1.807, 2.05) is 48.1 Å². The van der Waals surface area contributed by atoms with Gasteiger partial charge in [0, 0.05) is 22.2 Å². The molecule has 0 radical (unpaired) electrons. The fourth-order valence-corrected chi connectivity index (χ4v) is 5.30. The molecule has 0 atom stereocenters. The predicted octanol–water partition coefficient (Wildman–Crippen LogP) is 5.51. The molecule has 9 heteroatoms. The monoisotopic (exact) mass is 474 g/mol. The number of rotatable bonds is 6. The molecule has 0 unspecified atom stereocenters. The van der Waals surface area contributed by atoms with Crippen molar-refractivity contribution < 1.29 is 9.53 Å². The molecule has 0 fully saturated rings. The van der Waals surface area contributed by atoms with Crippen molar-refractivity contribution in [3.63, 3.8) is 0 Å². The standard InChI is InChI=1S/C22H23ClN4O2S2/c1-2-29-21(28)19-16-5-3-4-6-17(16)31-20(19)25-22(30)24-18-11-12-27(26-18)13-14-7-9-15(23)10-8-14/h7-12H,2-6,13H2,1H3,(H2,24,25,26,30). The zero-order chi connectivity index (χ0) is 21.8. The molecule has 0 saturated heterocycles. The Morgan fingerprint density at radius 2 is 2.00 bits per heavy atom. The number of ether oxygens (including phenoxy) is 1. The lowest BCUT2D eigenvalue weighted by atomic mass is 9.95. The van der Waals surface area contributed by atoms with E-state index in [0.29, 0.717) is 34.7 Å². The highest BCUT2D eigenvalue weighted by molar-refractivity contribution is 7.80. The molecule has 3 aromatic rings. The Kier molecular flexibility index (Phi) is 6.89. The zero-order valence-electron chi connectivity index (χ0n) is 17.1. The average molecular weight is 475 g/mol. The van der Waals surface area contributed by atoms with E-state index >= 15 is 0 Å². The van der Waals surface area contributed by atoms with E-state index in [-0.39, 0.29) is 5.97 Å². The lowest BCUT2D eigenvalue weighted by Gasteiger charge is -2.12. The molecule has 4 rings (SSSR count). The highest BCUT2D eigenvalue weighted by atomic mass is 35.5. The van der Waals surface area contributed by atoms with Crippen LogP contribution in [0.2, 0.25) is 5.02 Å². The van der Waals surface area contributed by atoms with Gasteiger partial charge in [0.15, 0.2) is 10.9 Å². The van der Waals surface area contributed by atoms with Gasteiger partial charge < -0.3 is 15.4 Å². The predicted molar refractivity (Wildman–Crippen MR) is 130 cm³/mol. The summed E-state index contributed by atoms with van der Waals surface area (Å²) in [6.45, 7) is 2.79. The van der Waals surface area contributed by atoms with Crippen LogP contribution >= 0.6 is 35.2 Å². The van der Waals surface area contributed by atoms with Crippen LogP contribution in [0.25, 0.3) is 0 Å². The molecule has 0 aliphatic heterocycles. The summed E-state index contributed by atoms with van der Waals surface area (Å²) >= 11 is 13.0. The Balaban J connectivity index is 1.44. The van der Waals surface area contributed by atoms with Gasteiger partial charge in [-0.15, -0.1) is 11.3 Å². The Morgan fingerprint density at radius 1 is 1.23 bits per heavy atom. The van der Waals surface area contributed by atoms with Crippen molar-refractivity contribution in [1.82, 2.24) is 9.78 Å². The molecule has 0 spiro atoms. The van der Waals surface area contributed by atoms with E-state index in [0.717, 1.165) is 41.8 Å². The number of aryl methyl sites for hydroxylation is 1. The van der Waals surface area contributed by atoms with Crippen LogP contribution in [0.3, 0.4) is 0 Å². The molecule has 31 heavy (non-hydrogen) atoms. The van der Waals surface area contributed by atoms with Gasteiger partial charge in [0.05, 0.1) is 18.7 Å². The number of aromatic nitrogens is 2. The number of nitrogens with one attached hydrogen (secondary N) is 2. The van der Waals surface area contributed by atoms with Gasteiger partial charge in [0.1, 0.15) is 5.00 Å². The van der Waals surface area contributed by atoms with Gasteiger partial charge in [-0.05, 0) is 68.1 Å². The SMILES string of the molecule is CCOC(=O)c1c(NC(=S)Nc2ccn(Cc3ccc(Cl)cc3)n2)sc2c1CCCC2. The maximum atomic E-state index is 12.6. The van der Waals surface area contributed by atoms with Gasteiger partial charge in [0.25, 0.3) is 0 Å². The quantitative estimate of drug-likeness (QED) is 0.362. The van der Waals surface area contributed by atoms with Crippen LogP contribution in [0.15, 0.2) is 36.5 Å². The number of esters is 1. The summed E-state index contributed by atoms with van der Waals surface area (Å²) in [7, 11) is 0. The molecule has 162 valence electrons. The highest BCUT2D eigenvalue weighted by Crippen LogP contribution is 2.38. The average Bonchev–Trinajstić information content (AvgIpc) is 3.33. The normalized spacial score (nSPS) is 12.8. The second kappa shape index (κ2) is 9.80. The van der Waals surface area contributed by atoms with Crippen molar-refractivity contribution in [3.05, 3.63) is 63.1 Å². The van der Waals surface area contributed by atoms with Crippen molar-refractivity contribution in [2.45, 2.75) is 39.2 Å². The Bertz CT molecular complexity index is 1090. The first-order valence-corrected chi connectivity index (χ1v) is 11.8. The van der Waals surface area contributed by atoms with Gasteiger partial charge in [-0.1, -0.05) is 23.7 Å². The summed E-state index contributed by atoms with van der Waals surface area (Å²) < 4.78 is 7.12. The fourth-order valence-electron chi connectivity index (χ4n) is 3.62. The summed E-state index contributed by atoms with van der Waals surface area (Å²) in [5.74, 6) is 0.338. The molecule has 1 aromatic carbocycles. The van der Waals surface area contributed by atoms with Crippen LogP contribution in [0.5, 0.6) is 0 Å². The second-order valence-corrected chi connectivity index (χ2v) is 9.19. The molecule has 0 saturated carbocycles. The topological polar surface area (TPSA) is 68.2 Å². The number of thiophene rings is 1. The van der Waals surface area contributed by atoms with Crippen LogP contribution in [-0.2, 0) is 24.1 Å². The number of hydrogen-bond acceptors (Lipinski definition) is 5. The lowest BCUT2D eigenvalue weighted by molar-refractivity contribution is 0.0526. The molecule has 0 bridgehead atoms. The van der Waals surface area contributed by atoms with Gasteiger partial charge in [0.2, 0.25) is 0 Å². The van der Waals surface area contributed by atoms with Crippen molar-refractivity contribution in [3.8, 4) is 0 Å². The van der Waals surface area contributed by atoms with Gasteiger partial charge in [-0.25, -0.2) is 4.79 Å². The number of fused-ring (bicyclic) bond motifs is 1. The van der Waals surface area contributed by atoms with Crippen LogP contribution < -0.4 is 10.6 Å². The molecule has 0 amide bonds. The highest BCUT2D eigenvalue weighted by Gasteiger charge is 2.26. The number of thiocarbonyl (C=S) groups is 1. The van der Waals surface area contributed by atoms with Gasteiger partial charge in [-0.3, -0.25) is 4.68 Å². The third-order valence-corrected chi connectivity index (χ3v) is 6.68. The molecule has 2 heterocycles. The van der Waals surface area contributed by atoms with Crippen molar-refractivity contribution in [1.29, 1.82) is 0 Å². The third-order valence-electron chi connectivity index (χ3n) is 5.02. The number of nitrogens with zero attached hydrogens (tertiary/aromatic N) is 2. The number of anilines is 2. The van der Waals surface area contributed by atoms with Crippen molar-refractivity contribution in [2.75, 3.05) is 17.2 Å². The van der Waals surface area contributed by atoms with Crippen LogP contribution in [0.4, 0.5) is 10.8 Å². The Morgan fingerprint density at radius 3 is 2.77 bits per heavy atom. The first-order valence-electron chi connectivity index (χ1n) is 10.2. The zero-order valence-corrected chi connectivity index (χ0v) is 19.5. The second-order valence-electron chi connectivity index (χ2n) is 7.24. The minimum absolute atomic E-state index is 0.292. The molecular weight excluding hydrogens is 452 g/mol. The van der Waals surface area contributed by atoms with Crippen LogP contribution in [-0.4, -0.2) is 27.5 Å². The smallest absolute Gasteiger partial charge is 0.341 e. The van der Waals surface area contributed by atoms with Gasteiger partial charge in [-0.2, -0.15) is 5.10 Å². The van der Waals surface area contributed by atoms with E-state index in [9.17, 15) is 4.79 Å². The van der Waals surface area contributed by atoms with Crippen LogP contribution in [0.1, 0.15) is 46.1 Å². The largest absolute Gasteiger partial charge is 0.462 e. The first-order chi connectivity index (χ1) is 15.0. The summed E-state index contributed by atoms with van der Waals surface area (Å²) in [4.78, 5) is 13.8. The number of carbonyl (C=O) groups is 1. The Labute approximate surface area is 195 Å². The van der Waals surface area contributed by atoms with Crippen molar-refractivity contribution in [2.24, 2.45) is 0 Å². The van der Waals surface area contributed by atoms with E-state index in [1.165, 1.54) is 4.88 Å². The third kappa shape index (κ3) is 5.26. The number of hydrogen-bond donors (Lipinski definition) is 2. The van der Waals surface area contributed by atoms with E-state index in [1.54, 1.807) is 11.3 Å². The molecular formula is C22H23ClN4O2S2. The maximum absolute atomic E-state index is 12.6. The number of halogens is 1. The molecule has 2 aromatic heterocycles. The van der Waals surface area contributed by atoms with Gasteiger partial charge >= 0.3 is 5.97 Å². The van der Waals surface area contributed by atoms with E-state index in [2.05, 4.69) is 15.7 Å². The van der Waals surface area contributed by atoms with E-state index < -0.39 is 0 Å². The van der Waals surface area contributed by atoms with E-state index in [4.69, 9.17) is 28.6 Å². The maximum Gasteiger partial charge on any atom is 0.341 e. The minimum atomic E-state index is -0.292. The van der Waals surface area contributed by atoms with Crippen molar-refractivity contribution >= 4 is 57.1 Å². The summed E-state index contributed by atoms with van der Waals surface area (Å²) in [6.07, 6.45) is 6.00. The number of carbonyl (C=O) groups excluding carboxylic acids is 1. The Hall–Kier alpha value is -2.42. The summed E-state index contributed by atoms with van der Waals surface area (Å²) in [5, 5.41) is 12.7. The minimum Gasteiger partial charge on any atom is -0.462 e. The number of benzene rings is 1.